The Bertz CT molecular complexity index is 1650. The molecule has 1 amide bonds. The van der Waals surface area contributed by atoms with Gasteiger partial charge in [-0.25, -0.2) is 0 Å². The summed E-state index contributed by atoms with van der Waals surface area (Å²) in [6.07, 6.45) is 3.01. The van der Waals surface area contributed by atoms with Crippen molar-refractivity contribution in [3.63, 3.8) is 0 Å². The van der Waals surface area contributed by atoms with Gasteiger partial charge in [0.25, 0.3) is 0 Å². The maximum atomic E-state index is 11.3. The van der Waals surface area contributed by atoms with Gasteiger partial charge in [0.15, 0.2) is 0 Å². The molecule has 0 aromatic heterocycles. The van der Waals surface area contributed by atoms with Crippen molar-refractivity contribution in [3.05, 3.63) is 117 Å². The largest absolute Gasteiger partial charge is 0.488 e. The minimum absolute atomic E-state index is 0.0347. The van der Waals surface area contributed by atoms with Gasteiger partial charge in [0.2, 0.25) is 5.91 Å². The molecule has 0 heterocycles. The van der Waals surface area contributed by atoms with E-state index in [0.717, 1.165) is 47.5 Å². The minimum atomic E-state index is -0.0347. The third kappa shape index (κ3) is 7.25. The highest BCUT2D eigenvalue weighted by atomic mass is 16.5. The standard InChI is InChI=1S/C37H39N3O3/c1-25-9-4-5-13-31(25)32-14-7-12-30(26(32)2)24-43-36-20-37(42-23-29-11-6-10-28(19-29)21-38)35(33-15-8-16-34(33)36)22-39-17-18-40-27(3)41/h4-7,9-14,19-20,39H,8,15-18,22-24H2,1-3H3,(H,40,41). The van der Waals surface area contributed by atoms with Crippen LogP contribution in [0.3, 0.4) is 0 Å². The van der Waals surface area contributed by atoms with E-state index in [-0.39, 0.29) is 5.91 Å². The van der Waals surface area contributed by atoms with E-state index in [0.29, 0.717) is 38.4 Å². The number of nitrogens with zero attached hydrogens (tertiary/aromatic N) is 1. The van der Waals surface area contributed by atoms with Crippen LogP contribution in [0, 0.1) is 25.2 Å². The van der Waals surface area contributed by atoms with Crippen molar-refractivity contribution in [1.82, 2.24) is 10.6 Å². The Morgan fingerprint density at radius 2 is 1.63 bits per heavy atom. The van der Waals surface area contributed by atoms with Crippen LogP contribution < -0.4 is 20.1 Å². The molecule has 0 atom stereocenters. The van der Waals surface area contributed by atoms with Crippen LogP contribution >= 0.6 is 0 Å². The number of fused-ring (bicyclic) bond motifs is 1. The van der Waals surface area contributed by atoms with E-state index in [9.17, 15) is 10.1 Å². The zero-order valence-electron chi connectivity index (χ0n) is 25.3. The first-order valence-electron chi connectivity index (χ1n) is 15.0. The van der Waals surface area contributed by atoms with Crippen molar-refractivity contribution < 1.29 is 14.3 Å². The normalized spacial score (nSPS) is 12.0. The van der Waals surface area contributed by atoms with Gasteiger partial charge < -0.3 is 20.1 Å². The number of benzene rings is 4. The van der Waals surface area contributed by atoms with Gasteiger partial charge in [-0.1, -0.05) is 54.6 Å². The molecule has 0 aliphatic heterocycles. The number of carbonyl (C=O) groups is 1. The zero-order chi connectivity index (χ0) is 30.2. The van der Waals surface area contributed by atoms with Crippen molar-refractivity contribution in [2.45, 2.75) is 59.8 Å². The Hall–Kier alpha value is -4.60. The average molecular weight is 574 g/mol. The molecule has 0 radical (unpaired) electrons. The van der Waals surface area contributed by atoms with Gasteiger partial charge in [0.05, 0.1) is 11.6 Å². The molecule has 4 aromatic carbocycles. The fourth-order valence-electron chi connectivity index (χ4n) is 5.84. The summed E-state index contributed by atoms with van der Waals surface area (Å²) in [7, 11) is 0. The number of carbonyl (C=O) groups excluding carboxylic acids is 1. The molecule has 0 bridgehead atoms. The maximum absolute atomic E-state index is 11.3. The molecule has 5 rings (SSSR count). The number of rotatable bonds is 12. The zero-order valence-corrected chi connectivity index (χ0v) is 25.3. The molecule has 0 spiro atoms. The van der Waals surface area contributed by atoms with E-state index in [1.54, 1.807) is 6.07 Å². The van der Waals surface area contributed by atoms with Crippen LogP contribution in [0.2, 0.25) is 0 Å². The van der Waals surface area contributed by atoms with Gasteiger partial charge in [0.1, 0.15) is 24.7 Å². The molecule has 6 heteroatoms. The lowest BCUT2D eigenvalue weighted by Gasteiger charge is -2.21. The predicted molar refractivity (Wildman–Crippen MR) is 170 cm³/mol. The first-order chi connectivity index (χ1) is 20.9. The second-order valence-electron chi connectivity index (χ2n) is 11.1. The van der Waals surface area contributed by atoms with Crippen LogP contribution in [-0.2, 0) is 37.4 Å². The first kappa shape index (κ1) is 29.9. The van der Waals surface area contributed by atoms with Gasteiger partial charge in [-0.2, -0.15) is 5.26 Å². The number of aryl methyl sites for hydroxylation is 1. The summed E-state index contributed by atoms with van der Waals surface area (Å²) in [6.45, 7) is 8.52. The highest BCUT2D eigenvalue weighted by molar-refractivity contribution is 5.73. The Labute approximate surface area is 254 Å². The van der Waals surface area contributed by atoms with E-state index in [4.69, 9.17) is 9.47 Å². The molecular weight excluding hydrogens is 534 g/mol. The van der Waals surface area contributed by atoms with Crippen LogP contribution in [0.15, 0.2) is 72.8 Å². The number of hydrogen-bond acceptors (Lipinski definition) is 5. The molecule has 0 fully saturated rings. The van der Waals surface area contributed by atoms with Crippen molar-refractivity contribution >= 4 is 5.91 Å². The van der Waals surface area contributed by atoms with E-state index in [1.165, 1.54) is 40.3 Å². The van der Waals surface area contributed by atoms with E-state index in [1.807, 2.05) is 24.3 Å². The molecule has 1 aliphatic rings. The van der Waals surface area contributed by atoms with Gasteiger partial charge in [-0.3, -0.25) is 4.79 Å². The summed E-state index contributed by atoms with van der Waals surface area (Å²) in [5.74, 6) is 1.62. The second kappa shape index (κ2) is 14.0. The summed E-state index contributed by atoms with van der Waals surface area (Å²) in [5.41, 5.74) is 11.3. The molecule has 0 unspecified atom stereocenters. The number of ether oxygens (including phenoxy) is 2. The monoisotopic (exact) mass is 573 g/mol. The summed E-state index contributed by atoms with van der Waals surface area (Å²) >= 11 is 0. The Balaban J connectivity index is 1.41. The third-order valence-corrected chi connectivity index (χ3v) is 8.13. The summed E-state index contributed by atoms with van der Waals surface area (Å²) in [6, 6.07) is 26.7. The molecule has 0 saturated heterocycles. The molecule has 2 N–H and O–H groups in total. The quantitative estimate of drug-likeness (QED) is 0.184. The number of hydrogen-bond donors (Lipinski definition) is 2. The van der Waals surface area contributed by atoms with Crippen LogP contribution in [0.4, 0.5) is 0 Å². The van der Waals surface area contributed by atoms with Crippen LogP contribution in [0.5, 0.6) is 11.5 Å². The third-order valence-electron chi connectivity index (χ3n) is 8.13. The van der Waals surface area contributed by atoms with E-state index >= 15 is 0 Å². The summed E-state index contributed by atoms with van der Waals surface area (Å²) < 4.78 is 13.1. The van der Waals surface area contributed by atoms with E-state index in [2.05, 4.69) is 73.0 Å². The average Bonchev–Trinajstić information content (AvgIpc) is 3.51. The van der Waals surface area contributed by atoms with Crippen molar-refractivity contribution in [2.24, 2.45) is 0 Å². The number of nitriles is 1. The lowest BCUT2D eigenvalue weighted by molar-refractivity contribution is -0.118. The first-order valence-corrected chi connectivity index (χ1v) is 15.0. The number of nitrogens with one attached hydrogen (secondary N) is 2. The van der Waals surface area contributed by atoms with Gasteiger partial charge >= 0.3 is 0 Å². The van der Waals surface area contributed by atoms with Gasteiger partial charge in [0, 0.05) is 38.2 Å². The molecule has 1 aliphatic carbocycles. The Morgan fingerprint density at radius 1 is 0.860 bits per heavy atom. The molecule has 0 saturated carbocycles. The molecule has 43 heavy (non-hydrogen) atoms. The molecule has 4 aromatic rings. The summed E-state index contributed by atoms with van der Waals surface area (Å²) in [5, 5.41) is 15.7. The Morgan fingerprint density at radius 3 is 2.44 bits per heavy atom. The smallest absolute Gasteiger partial charge is 0.216 e. The highest BCUT2D eigenvalue weighted by Crippen LogP contribution is 2.40. The van der Waals surface area contributed by atoms with Crippen molar-refractivity contribution in [2.75, 3.05) is 13.1 Å². The topological polar surface area (TPSA) is 83.4 Å². The maximum Gasteiger partial charge on any atom is 0.216 e. The predicted octanol–water partition coefficient (Wildman–Crippen LogP) is 6.71. The van der Waals surface area contributed by atoms with Crippen LogP contribution in [-0.4, -0.2) is 19.0 Å². The van der Waals surface area contributed by atoms with Crippen LogP contribution in [0.25, 0.3) is 11.1 Å². The van der Waals surface area contributed by atoms with Crippen LogP contribution in [0.1, 0.15) is 57.9 Å². The SMILES string of the molecule is CC(=O)NCCNCc1c(OCc2cccc(C#N)c2)cc(OCc2cccc(-c3ccccc3C)c2C)c2c1CCC2. The van der Waals surface area contributed by atoms with Crippen molar-refractivity contribution in [3.8, 4) is 28.7 Å². The molecule has 6 nitrogen and oxygen atoms in total. The lowest BCUT2D eigenvalue weighted by atomic mass is 9.94. The lowest BCUT2D eigenvalue weighted by Crippen LogP contribution is -2.30. The summed E-state index contributed by atoms with van der Waals surface area (Å²) in [4.78, 5) is 11.3. The second-order valence-corrected chi connectivity index (χ2v) is 11.1. The fraction of sp³-hybridized carbons (Fsp3) is 0.297. The molecular formula is C37H39N3O3. The Kier molecular flexibility index (Phi) is 9.76. The molecule has 220 valence electrons. The van der Waals surface area contributed by atoms with E-state index < -0.39 is 0 Å². The minimum Gasteiger partial charge on any atom is -0.488 e. The fourth-order valence-corrected chi connectivity index (χ4v) is 5.84. The van der Waals surface area contributed by atoms with Crippen molar-refractivity contribution in [1.29, 1.82) is 5.26 Å². The van der Waals surface area contributed by atoms with Gasteiger partial charge in [-0.15, -0.1) is 0 Å². The highest BCUT2D eigenvalue weighted by Gasteiger charge is 2.24. The van der Waals surface area contributed by atoms with Gasteiger partial charge in [-0.05, 0) is 89.8 Å². The number of amides is 1.